The Morgan fingerprint density at radius 1 is 1.50 bits per heavy atom. The molecule has 18 heavy (non-hydrogen) atoms. The molecule has 0 fully saturated rings. The number of halogens is 1. The molecule has 1 heterocycles. The molecule has 3 N–H and O–H groups in total. The van der Waals surface area contributed by atoms with Crippen LogP contribution in [0.25, 0.3) is 0 Å². The van der Waals surface area contributed by atoms with Crippen LogP contribution in [0.3, 0.4) is 0 Å². The molecular formula is C13H16FN3S. The minimum atomic E-state index is -0.225. The van der Waals surface area contributed by atoms with Gasteiger partial charge in [-0.2, -0.15) is 0 Å². The van der Waals surface area contributed by atoms with E-state index in [2.05, 4.69) is 9.97 Å². The van der Waals surface area contributed by atoms with Gasteiger partial charge in [0.1, 0.15) is 5.82 Å². The Kier molecular flexibility index (Phi) is 4.38. The molecule has 2 aromatic rings. The van der Waals surface area contributed by atoms with E-state index in [1.165, 1.54) is 17.8 Å². The molecule has 0 saturated carbocycles. The van der Waals surface area contributed by atoms with Crippen LogP contribution >= 0.6 is 11.8 Å². The summed E-state index contributed by atoms with van der Waals surface area (Å²) in [4.78, 5) is 7.67. The Bertz CT molecular complexity index is 499. The lowest BCUT2D eigenvalue weighted by atomic mass is 10.0. The third-order valence-electron chi connectivity index (χ3n) is 2.73. The zero-order valence-electron chi connectivity index (χ0n) is 10.2. The number of H-pyrrole nitrogens is 1. The maximum absolute atomic E-state index is 13.9. The zero-order chi connectivity index (χ0) is 13.0. The Hall–Kier alpha value is -1.33. The summed E-state index contributed by atoms with van der Waals surface area (Å²) in [6.07, 6.45) is 4.93. The summed E-state index contributed by atoms with van der Waals surface area (Å²) in [5.74, 6) is -0.225. The van der Waals surface area contributed by atoms with Gasteiger partial charge in [-0.3, -0.25) is 0 Å². The first kappa shape index (κ1) is 13.1. The normalized spacial score (nSPS) is 12.6. The third kappa shape index (κ3) is 3.11. The average molecular weight is 265 g/mol. The SMILES string of the molecule is CCC(N)Cc1cccc(F)c1Sc1ncc[nH]1. The van der Waals surface area contributed by atoms with Crippen molar-refractivity contribution < 1.29 is 4.39 Å². The van der Waals surface area contributed by atoms with E-state index in [1.807, 2.05) is 13.0 Å². The van der Waals surface area contributed by atoms with E-state index in [-0.39, 0.29) is 11.9 Å². The summed E-state index contributed by atoms with van der Waals surface area (Å²) in [6.45, 7) is 2.03. The van der Waals surface area contributed by atoms with Crippen molar-refractivity contribution in [1.82, 2.24) is 9.97 Å². The van der Waals surface area contributed by atoms with Gasteiger partial charge < -0.3 is 10.7 Å². The predicted molar refractivity (Wildman–Crippen MR) is 71.1 cm³/mol. The molecule has 1 atom stereocenters. The van der Waals surface area contributed by atoms with E-state index >= 15 is 0 Å². The fourth-order valence-electron chi connectivity index (χ4n) is 1.66. The average Bonchev–Trinajstić information content (AvgIpc) is 2.86. The number of aromatic nitrogens is 2. The van der Waals surface area contributed by atoms with E-state index in [4.69, 9.17) is 5.73 Å². The lowest BCUT2D eigenvalue weighted by molar-refractivity contribution is 0.585. The number of benzene rings is 1. The number of nitrogens with one attached hydrogen (secondary N) is 1. The van der Waals surface area contributed by atoms with Crippen LogP contribution in [0.1, 0.15) is 18.9 Å². The number of rotatable bonds is 5. The van der Waals surface area contributed by atoms with Gasteiger partial charge in [-0.1, -0.05) is 19.1 Å². The Morgan fingerprint density at radius 2 is 2.33 bits per heavy atom. The van der Waals surface area contributed by atoms with Crippen LogP contribution < -0.4 is 5.73 Å². The van der Waals surface area contributed by atoms with Crippen molar-refractivity contribution in [3.05, 3.63) is 42.0 Å². The van der Waals surface area contributed by atoms with Crippen molar-refractivity contribution >= 4 is 11.8 Å². The summed E-state index contributed by atoms with van der Waals surface area (Å²) in [5.41, 5.74) is 6.88. The maximum Gasteiger partial charge on any atom is 0.170 e. The molecule has 5 heteroatoms. The number of hydrogen-bond donors (Lipinski definition) is 2. The lowest BCUT2D eigenvalue weighted by Crippen LogP contribution is -2.21. The van der Waals surface area contributed by atoms with Crippen LogP contribution in [0.15, 0.2) is 40.6 Å². The van der Waals surface area contributed by atoms with Gasteiger partial charge in [0.25, 0.3) is 0 Å². The molecule has 0 aliphatic carbocycles. The van der Waals surface area contributed by atoms with Gasteiger partial charge in [-0.05, 0) is 36.2 Å². The third-order valence-corrected chi connectivity index (χ3v) is 3.80. The summed E-state index contributed by atoms with van der Waals surface area (Å²) < 4.78 is 13.9. The molecule has 0 radical (unpaired) electrons. The highest BCUT2D eigenvalue weighted by atomic mass is 32.2. The Balaban J connectivity index is 2.26. The fraction of sp³-hybridized carbons (Fsp3) is 0.308. The molecule has 0 saturated heterocycles. The molecule has 1 unspecified atom stereocenters. The van der Waals surface area contributed by atoms with Gasteiger partial charge in [-0.15, -0.1) is 0 Å². The van der Waals surface area contributed by atoms with E-state index in [9.17, 15) is 4.39 Å². The highest BCUT2D eigenvalue weighted by Gasteiger charge is 2.13. The highest BCUT2D eigenvalue weighted by molar-refractivity contribution is 7.99. The minimum Gasteiger partial charge on any atom is -0.339 e. The summed E-state index contributed by atoms with van der Waals surface area (Å²) in [6, 6.07) is 5.16. The summed E-state index contributed by atoms with van der Waals surface area (Å²) in [7, 11) is 0. The minimum absolute atomic E-state index is 0.0581. The first-order chi connectivity index (χ1) is 8.70. The largest absolute Gasteiger partial charge is 0.339 e. The zero-order valence-corrected chi connectivity index (χ0v) is 11.0. The molecule has 0 amide bonds. The Labute approximate surface area is 110 Å². The molecule has 0 aliphatic heterocycles. The predicted octanol–water partition coefficient (Wildman–Crippen LogP) is 2.98. The molecule has 1 aromatic carbocycles. The van der Waals surface area contributed by atoms with Crippen molar-refractivity contribution in [3.63, 3.8) is 0 Å². The molecular weight excluding hydrogens is 249 g/mol. The van der Waals surface area contributed by atoms with Crippen LogP contribution in [0.4, 0.5) is 4.39 Å². The number of nitrogens with two attached hydrogens (primary N) is 1. The van der Waals surface area contributed by atoms with Crippen molar-refractivity contribution in [1.29, 1.82) is 0 Å². The number of aromatic amines is 1. The quantitative estimate of drug-likeness (QED) is 0.874. The molecule has 96 valence electrons. The van der Waals surface area contributed by atoms with Crippen LogP contribution in [-0.4, -0.2) is 16.0 Å². The number of hydrogen-bond acceptors (Lipinski definition) is 3. The van der Waals surface area contributed by atoms with Crippen LogP contribution in [0.2, 0.25) is 0 Å². The fourth-order valence-corrected chi connectivity index (χ4v) is 2.54. The van der Waals surface area contributed by atoms with Crippen LogP contribution in [0, 0.1) is 5.82 Å². The Morgan fingerprint density at radius 3 is 3.00 bits per heavy atom. The van der Waals surface area contributed by atoms with E-state index in [1.54, 1.807) is 18.5 Å². The second-order valence-electron chi connectivity index (χ2n) is 4.10. The standard InChI is InChI=1S/C13H16FN3S/c1-2-10(15)8-9-4-3-5-11(14)12(9)18-13-16-6-7-17-13/h3-7,10H,2,8,15H2,1H3,(H,16,17). The maximum atomic E-state index is 13.9. The van der Waals surface area contributed by atoms with E-state index in [0.29, 0.717) is 16.5 Å². The molecule has 3 nitrogen and oxygen atoms in total. The van der Waals surface area contributed by atoms with E-state index in [0.717, 1.165) is 12.0 Å². The molecule has 0 bridgehead atoms. The molecule has 2 rings (SSSR count). The van der Waals surface area contributed by atoms with Crippen molar-refractivity contribution in [2.24, 2.45) is 5.73 Å². The van der Waals surface area contributed by atoms with Gasteiger partial charge in [-0.25, -0.2) is 9.37 Å². The van der Waals surface area contributed by atoms with Gasteiger partial charge >= 0.3 is 0 Å². The summed E-state index contributed by atoms with van der Waals surface area (Å²) >= 11 is 1.30. The highest BCUT2D eigenvalue weighted by Crippen LogP contribution is 2.31. The lowest BCUT2D eigenvalue weighted by Gasteiger charge is -2.12. The van der Waals surface area contributed by atoms with Gasteiger partial charge in [0.15, 0.2) is 5.16 Å². The molecule has 0 spiro atoms. The van der Waals surface area contributed by atoms with Gasteiger partial charge in [0, 0.05) is 18.4 Å². The van der Waals surface area contributed by atoms with Crippen molar-refractivity contribution in [2.45, 2.75) is 35.9 Å². The second-order valence-corrected chi connectivity index (χ2v) is 5.10. The first-order valence-electron chi connectivity index (χ1n) is 5.91. The van der Waals surface area contributed by atoms with Crippen molar-refractivity contribution in [3.8, 4) is 0 Å². The van der Waals surface area contributed by atoms with Gasteiger partial charge in [0.05, 0.1) is 4.90 Å². The molecule has 0 aliphatic rings. The monoisotopic (exact) mass is 265 g/mol. The first-order valence-corrected chi connectivity index (χ1v) is 6.72. The van der Waals surface area contributed by atoms with E-state index < -0.39 is 0 Å². The van der Waals surface area contributed by atoms with Crippen LogP contribution in [0.5, 0.6) is 0 Å². The number of imidazole rings is 1. The smallest absolute Gasteiger partial charge is 0.170 e. The topological polar surface area (TPSA) is 54.7 Å². The van der Waals surface area contributed by atoms with Crippen molar-refractivity contribution in [2.75, 3.05) is 0 Å². The van der Waals surface area contributed by atoms with Crippen LogP contribution in [-0.2, 0) is 6.42 Å². The summed E-state index contributed by atoms with van der Waals surface area (Å²) in [5, 5.41) is 0.686. The second kappa shape index (κ2) is 6.02. The number of nitrogens with zero attached hydrogens (tertiary/aromatic N) is 1. The van der Waals surface area contributed by atoms with Gasteiger partial charge in [0.2, 0.25) is 0 Å². The molecule has 1 aromatic heterocycles.